The molecule has 26 heavy (non-hydrogen) atoms. The fraction of sp³-hybridized carbons (Fsp3) is 0.556. The van der Waals surface area contributed by atoms with Crippen LogP contribution < -0.4 is 5.32 Å². The quantitative estimate of drug-likeness (QED) is 0.869. The first kappa shape index (κ1) is 18.7. The summed E-state index contributed by atoms with van der Waals surface area (Å²) in [5, 5.41) is 8.15. The number of hydrogen-bond donors (Lipinski definition) is 1. The number of nitrogens with one attached hydrogen (secondary N) is 1. The first-order valence-electron chi connectivity index (χ1n) is 8.60. The van der Waals surface area contributed by atoms with Crippen molar-refractivity contribution in [1.82, 2.24) is 25.0 Å². The van der Waals surface area contributed by atoms with Crippen LogP contribution in [0.4, 0.5) is 0 Å². The van der Waals surface area contributed by atoms with E-state index >= 15 is 0 Å². The van der Waals surface area contributed by atoms with Crippen molar-refractivity contribution in [2.45, 2.75) is 46.2 Å². The highest BCUT2D eigenvalue weighted by molar-refractivity contribution is 7.99. The number of fused-ring (bicyclic) bond motifs is 1. The summed E-state index contributed by atoms with van der Waals surface area (Å²) in [5.41, 5.74) is 2.44. The zero-order chi connectivity index (χ0) is 19.2. The van der Waals surface area contributed by atoms with Gasteiger partial charge in [0.05, 0.1) is 22.5 Å². The minimum Gasteiger partial charge on any atom is -0.350 e. The van der Waals surface area contributed by atoms with Gasteiger partial charge in [-0.05, 0) is 40.7 Å². The van der Waals surface area contributed by atoms with E-state index in [9.17, 15) is 9.59 Å². The van der Waals surface area contributed by atoms with Crippen molar-refractivity contribution in [2.24, 2.45) is 7.05 Å². The number of amides is 2. The molecule has 1 aliphatic rings. The summed E-state index contributed by atoms with van der Waals surface area (Å²) in [5.74, 6) is 0.854. The van der Waals surface area contributed by atoms with Crippen LogP contribution in [0.1, 0.15) is 42.5 Å². The van der Waals surface area contributed by atoms with Gasteiger partial charge in [0.1, 0.15) is 6.04 Å². The molecule has 3 heterocycles. The monoisotopic (exact) mass is 375 g/mol. The first-order valence-corrected chi connectivity index (χ1v) is 9.75. The molecule has 0 spiro atoms. The van der Waals surface area contributed by atoms with Crippen LogP contribution in [-0.4, -0.2) is 54.7 Å². The Morgan fingerprint density at radius 2 is 2.00 bits per heavy atom. The van der Waals surface area contributed by atoms with Gasteiger partial charge in [-0.1, -0.05) is 0 Å². The Labute approximate surface area is 157 Å². The lowest BCUT2D eigenvalue weighted by Crippen LogP contribution is -2.52. The molecule has 2 aromatic heterocycles. The third kappa shape index (κ3) is 3.42. The van der Waals surface area contributed by atoms with Crippen LogP contribution in [0.2, 0.25) is 0 Å². The minimum absolute atomic E-state index is 0.110. The number of aryl methyl sites for hydroxylation is 3. The van der Waals surface area contributed by atoms with Crippen LogP contribution in [0.25, 0.3) is 11.0 Å². The molecule has 1 N–H and O–H groups in total. The summed E-state index contributed by atoms with van der Waals surface area (Å²) in [4.78, 5) is 32.2. The molecule has 0 aromatic carbocycles. The molecule has 8 heteroatoms. The Morgan fingerprint density at radius 1 is 1.31 bits per heavy atom. The Morgan fingerprint density at radius 3 is 2.65 bits per heavy atom. The van der Waals surface area contributed by atoms with Crippen LogP contribution >= 0.6 is 11.8 Å². The number of pyridine rings is 1. The van der Waals surface area contributed by atoms with Gasteiger partial charge in [-0.3, -0.25) is 14.3 Å². The third-order valence-corrected chi connectivity index (χ3v) is 5.28. The molecular formula is C18H25N5O2S. The van der Waals surface area contributed by atoms with Crippen molar-refractivity contribution < 1.29 is 9.59 Å². The van der Waals surface area contributed by atoms with Crippen molar-refractivity contribution in [2.75, 3.05) is 11.6 Å². The van der Waals surface area contributed by atoms with Gasteiger partial charge >= 0.3 is 0 Å². The van der Waals surface area contributed by atoms with Crippen molar-refractivity contribution in [3.05, 3.63) is 23.0 Å². The highest BCUT2D eigenvalue weighted by Crippen LogP contribution is 2.28. The van der Waals surface area contributed by atoms with Gasteiger partial charge in [-0.15, -0.1) is 11.8 Å². The normalized spacial score (nSPS) is 17.8. The standard InChI is InChI=1S/C18H25N5O2S/c1-10-7-12(14-11(2)21-22(6)15(14)19-10)17(25)23-9-26-8-13(23)16(24)20-18(3,4)5/h7,13H,8-9H2,1-6H3,(H,20,24). The maximum Gasteiger partial charge on any atom is 0.256 e. The number of aromatic nitrogens is 3. The Hall–Kier alpha value is -2.09. The molecule has 1 unspecified atom stereocenters. The minimum atomic E-state index is -0.466. The Kier molecular flexibility index (Phi) is 4.72. The lowest BCUT2D eigenvalue weighted by atomic mass is 10.1. The van der Waals surface area contributed by atoms with Crippen molar-refractivity contribution in [3.63, 3.8) is 0 Å². The number of rotatable bonds is 2. The van der Waals surface area contributed by atoms with Gasteiger partial charge in [0.25, 0.3) is 5.91 Å². The molecule has 0 bridgehead atoms. The van der Waals surface area contributed by atoms with E-state index in [4.69, 9.17) is 0 Å². The largest absolute Gasteiger partial charge is 0.350 e. The second kappa shape index (κ2) is 6.57. The van der Waals surface area contributed by atoms with Crippen LogP contribution in [0.5, 0.6) is 0 Å². The first-order chi connectivity index (χ1) is 12.1. The summed E-state index contributed by atoms with van der Waals surface area (Å²) in [6, 6.07) is 1.33. The van der Waals surface area contributed by atoms with Gasteiger partial charge < -0.3 is 10.2 Å². The van der Waals surface area contributed by atoms with Crippen molar-refractivity contribution in [1.29, 1.82) is 0 Å². The van der Waals surface area contributed by atoms with Crippen LogP contribution in [0.3, 0.4) is 0 Å². The number of thioether (sulfide) groups is 1. The fourth-order valence-corrected chi connectivity index (χ4v) is 4.36. The average molecular weight is 375 g/mol. The molecule has 1 saturated heterocycles. The fourth-order valence-electron chi connectivity index (χ4n) is 3.21. The predicted molar refractivity (Wildman–Crippen MR) is 103 cm³/mol. The van der Waals surface area contributed by atoms with Crippen molar-refractivity contribution >= 4 is 34.6 Å². The molecule has 7 nitrogen and oxygen atoms in total. The SMILES string of the molecule is Cc1cc(C(=O)N2CSCC2C(=O)NC(C)(C)C)c2c(C)nn(C)c2n1. The summed E-state index contributed by atoms with van der Waals surface area (Å²) in [6.07, 6.45) is 0. The number of carbonyl (C=O) groups is 2. The molecule has 1 aliphatic heterocycles. The van der Waals surface area contributed by atoms with Crippen LogP contribution in [0.15, 0.2) is 6.07 Å². The molecule has 2 amide bonds. The maximum atomic E-state index is 13.3. The van der Waals surface area contributed by atoms with Gasteiger partial charge in [0.15, 0.2) is 5.65 Å². The van der Waals surface area contributed by atoms with E-state index in [2.05, 4.69) is 15.4 Å². The third-order valence-electron chi connectivity index (χ3n) is 4.27. The molecule has 0 aliphatic carbocycles. The molecule has 1 fully saturated rings. The van der Waals surface area contributed by atoms with E-state index in [0.29, 0.717) is 22.8 Å². The van der Waals surface area contributed by atoms with E-state index in [0.717, 1.165) is 16.8 Å². The maximum absolute atomic E-state index is 13.3. The molecule has 1 atom stereocenters. The Bertz CT molecular complexity index is 884. The lowest BCUT2D eigenvalue weighted by Gasteiger charge is -2.28. The van der Waals surface area contributed by atoms with E-state index in [1.807, 2.05) is 41.7 Å². The molecular weight excluding hydrogens is 350 g/mol. The summed E-state index contributed by atoms with van der Waals surface area (Å²) < 4.78 is 1.69. The topological polar surface area (TPSA) is 80.1 Å². The number of nitrogens with zero attached hydrogens (tertiary/aromatic N) is 4. The Balaban J connectivity index is 1.99. The van der Waals surface area contributed by atoms with Gasteiger partial charge in [0.2, 0.25) is 5.91 Å². The number of hydrogen-bond acceptors (Lipinski definition) is 5. The lowest BCUT2D eigenvalue weighted by molar-refractivity contribution is -0.125. The van der Waals surface area contributed by atoms with E-state index in [-0.39, 0.29) is 17.4 Å². The van der Waals surface area contributed by atoms with E-state index < -0.39 is 6.04 Å². The predicted octanol–water partition coefficient (Wildman–Crippen LogP) is 2.01. The zero-order valence-electron chi connectivity index (χ0n) is 16.1. The van der Waals surface area contributed by atoms with Gasteiger partial charge in [-0.25, -0.2) is 4.98 Å². The van der Waals surface area contributed by atoms with Crippen LogP contribution in [0, 0.1) is 13.8 Å². The van der Waals surface area contributed by atoms with Gasteiger partial charge in [0, 0.05) is 24.0 Å². The highest BCUT2D eigenvalue weighted by Gasteiger charge is 2.37. The second-order valence-electron chi connectivity index (χ2n) is 7.75. The highest BCUT2D eigenvalue weighted by atomic mass is 32.2. The summed E-state index contributed by atoms with van der Waals surface area (Å²) >= 11 is 1.59. The summed E-state index contributed by atoms with van der Waals surface area (Å²) in [6.45, 7) is 9.55. The molecule has 140 valence electrons. The summed E-state index contributed by atoms with van der Waals surface area (Å²) in [7, 11) is 1.82. The van der Waals surface area contributed by atoms with E-state index in [1.54, 1.807) is 27.4 Å². The average Bonchev–Trinajstić information content (AvgIpc) is 3.10. The molecule has 3 rings (SSSR count). The second-order valence-corrected chi connectivity index (χ2v) is 8.75. The van der Waals surface area contributed by atoms with E-state index in [1.165, 1.54) is 0 Å². The zero-order valence-corrected chi connectivity index (χ0v) is 16.9. The van der Waals surface area contributed by atoms with Crippen molar-refractivity contribution in [3.8, 4) is 0 Å². The van der Waals surface area contributed by atoms with Crippen LogP contribution in [-0.2, 0) is 11.8 Å². The smallest absolute Gasteiger partial charge is 0.256 e. The molecule has 2 aromatic rings. The molecule has 0 radical (unpaired) electrons. The van der Waals surface area contributed by atoms with Gasteiger partial charge in [-0.2, -0.15) is 5.10 Å². The molecule has 0 saturated carbocycles. The number of carbonyl (C=O) groups excluding carboxylic acids is 2.